The number of anilines is 1. The second kappa shape index (κ2) is 7.97. The summed E-state index contributed by atoms with van der Waals surface area (Å²) in [6.45, 7) is 3.87. The molecule has 1 aliphatic rings. The maximum atomic E-state index is 12.6. The van der Waals surface area contributed by atoms with E-state index in [0.717, 1.165) is 4.90 Å². The molecule has 2 aromatic rings. The van der Waals surface area contributed by atoms with Gasteiger partial charge in [0, 0.05) is 0 Å². The number of carbonyl (C=O) groups excluding carboxylic acids is 2. The Hall–Kier alpha value is -3.25. The van der Waals surface area contributed by atoms with E-state index in [9.17, 15) is 9.59 Å². The van der Waals surface area contributed by atoms with Crippen LogP contribution in [-0.4, -0.2) is 25.7 Å². The van der Waals surface area contributed by atoms with Gasteiger partial charge < -0.3 is 14.8 Å². The summed E-state index contributed by atoms with van der Waals surface area (Å²) in [5, 5.41) is 2.90. The third-order valence-electron chi connectivity index (χ3n) is 3.80. The van der Waals surface area contributed by atoms with Gasteiger partial charge in [-0.3, -0.25) is 4.79 Å². The predicted octanol–water partition coefficient (Wildman–Crippen LogP) is 4.01. The minimum Gasteiger partial charge on any atom is -0.493 e. The number of halogens is 1. The van der Waals surface area contributed by atoms with Crippen molar-refractivity contribution in [3.63, 3.8) is 0 Å². The van der Waals surface area contributed by atoms with Gasteiger partial charge in [-0.25, -0.2) is 9.69 Å². The normalized spacial score (nSPS) is 15.0. The van der Waals surface area contributed by atoms with Crippen molar-refractivity contribution in [3.05, 3.63) is 71.4 Å². The Bertz CT molecular complexity index is 925. The second-order valence-corrected chi connectivity index (χ2v) is 6.01. The number of hydrogen-bond acceptors (Lipinski definition) is 4. The lowest BCUT2D eigenvalue weighted by atomic mass is 10.1. The van der Waals surface area contributed by atoms with Crippen LogP contribution in [-0.2, 0) is 4.79 Å². The monoisotopic (exact) mass is 384 g/mol. The Morgan fingerprint density at radius 2 is 1.96 bits per heavy atom. The zero-order valence-corrected chi connectivity index (χ0v) is 15.3. The van der Waals surface area contributed by atoms with Crippen LogP contribution < -0.4 is 19.7 Å². The molecule has 0 unspecified atom stereocenters. The number of imide groups is 1. The fourth-order valence-electron chi connectivity index (χ4n) is 2.62. The number of amides is 3. The van der Waals surface area contributed by atoms with Gasteiger partial charge in [-0.2, -0.15) is 0 Å². The van der Waals surface area contributed by atoms with E-state index in [1.54, 1.807) is 42.5 Å². The van der Waals surface area contributed by atoms with Crippen LogP contribution in [0.5, 0.6) is 11.5 Å². The van der Waals surface area contributed by atoms with Crippen molar-refractivity contribution in [1.82, 2.24) is 5.32 Å². The molecule has 0 saturated carbocycles. The van der Waals surface area contributed by atoms with Crippen LogP contribution >= 0.6 is 11.6 Å². The van der Waals surface area contributed by atoms with E-state index in [1.807, 2.05) is 6.07 Å². The van der Waals surface area contributed by atoms with Crippen molar-refractivity contribution in [2.24, 2.45) is 0 Å². The molecule has 0 aliphatic carbocycles. The zero-order chi connectivity index (χ0) is 19.4. The summed E-state index contributed by atoms with van der Waals surface area (Å²) >= 11 is 6.27. The standard InChI is InChI=1S/C20H17ClN2O4/c1-3-9-27-18-15(21)10-13(12-17(18)26-2)11-16-19(24)23(20(25)22-16)14-7-5-4-6-8-14/h3-8,10-12H,1,9H2,2H3,(H,22,25). The van der Waals surface area contributed by atoms with Crippen LogP contribution in [0.4, 0.5) is 10.5 Å². The number of nitrogens with zero attached hydrogens (tertiary/aromatic N) is 1. The minimum absolute atomic E-state index is 0.140. The summed E-state index contributed by atoms with van der Waals surface area (Å²) in [6, 6.07) is 11.5. The molecular weight excluding hydrogens is 368 g/mol. The summed E-state index contributed by atoms with van der Waals surface area (Å²) in [5.41, 5.74) is 1.22. The molecule has 1 N–H and O–H groups in total. The number of hydrogen-bond donors (Lipinski definition) is 1. The van der Waals surface area contributed by atoms with Crippen LogP contribution in [0, 0.1) is 0 Å². The number of urea groups is 1. The number of rotatable bonds is 6. The third-order valence-corrected chi connectivity index (χ3v) is 4.08. The molecule has 0 atom stereocenters. The maximum Gasteiger partial charge on any atom is 0.333 e. The molecule has 0 bridgehead atoms. The van der Waals surface area contributed by atoms with E-state index >= 15 is 0 Å². The molecule has 0 aromatic heterocycles. The summed E-state index contributed by atoms with van der Waals surface area (Å²) in [7, 11) is 1.49. The quantitative estimate of drug-likeness (QED) is 0.464. The largest absolute Gasteiger partial charge is 0.493 e. The molecule has 0 spiro atoms. The Balaban J connectivity index is 1.93. The maximum absolute atomic E-state index is 12.6. The third kappa shape index (κ3) is 3.80. The van der Waals surface area contributed by atoms with Crippen molar-refractivity contribution in [3.8, 4) is 11.5 Å². The molecule has 138 valence electrons. The van der Waals surface area contributed by atoms with Crippen LogP contribution in [0.2, 0.25) is 5.02 Å². The van der Waals surface area contributed by atoms with E-state index in [0.29, 0.717) is 27.8 Å². The van der Waals surface area contributed by atoms with Crippen LogP contribution in [0.15, 0.2) is 60.8 Å². The molecule has 1 aliphatic heterocycles. The highest BCUT2D eigenvalue weighted by molar-refractivity contribution is 6.32. The van der Waals surface area contributed by atoms with Crippen molar-refractivity contribution in [1.29, 1.82) is 0 Å². The Labute approximate surface area is 161 Å². The highest BCUT2D eigenvalue weighted by Crippen LogP contribution is 2.37. The van der Waals surface area contributed by atoms with Crippen molar-refractivity contribution < 1.29 is 19.1 Å². The van der Waals surface area contributed by atoms with Crippen LogP contribution in [0.25, 0.3) is 6.08 Å². The van der Waals surface area contributed by atoms with Gasteiger partial charge in [0.25, 0.3) is 5.91 Å². The number of carbonyl (C=O) groups is 2. The molecule has 6 nitrogen and oxygen atoms in total. The molecule has 3 amide bonds. The zero-order valence-electron chi connectivity index (χ0n) is 14.6. The topological polar surface area (TPSA) is 67.9 Å². The second-order valence-electron chi connectivity index (χ2n) is 5.60. The van der Waals surface area contributed by atoms with Gasteiger partial charge in [0.05, 0.1) is 17.8 Å². The lowest BCUT2D eigenvalue weighted by molar-refractivity contribution is -0.113. The molecule has 2 aromatic carbocycles. The van der Waals surface area contributed by atoms with E-state index < -0.39 is 11.9 Å². The first-order valence-corrected chi connectivity index (χ1v) is 8.46. The average Bonchev–Trinajstić information content (AvgIpc) is 2.94. The van der Waals surface area contributed by atoms with Crippen molar-refractivity contribution in [2.75, 3.05) is 18.6 Å². The SMILES string of the molecule is C=CCOc1c(Cl)cc(C=C2NC(=O)N(c3ccccc3)C2=O)cc1OC. The number of benzene rings is 2. The average molecular weight is 385 g/mol. The van der Waals surface area contributed by atoms with E-state index in [4.69, 9.17) is 21.1 Å². The summed E-state index contributed by atoms with van der Waals surface area (Å²) in [6.07, 6.45) is 3.13. The molecule has 1 fully saturated rings. The number of ether oxygens (including phenoxy) is 2. The van der Waals surface area contributed by atoms with Gasteiger partial charge in [0.15, 0.2) is 11.5 Å². The Morgan fingerprint density at radius 1 is 1.22 bits per heavy atom. The first-order valence-electron chi connectivity index (χ1n) is 8.08. The van der Waals surface area contributed by atoms with Gasteiger partial charge in [-0.15, -0.1) is 0 Å². The van der Waals surface area contributed by atoms with E-state index in [1.165, 1.54) is 13.2 Å². The number of methoxy groups -OCH3 is 1. The number of nitrogens with one attached hydrogen (secondary N) is 1. The van der Waals surface area contributed by atoms with Gasteiger partial charge in [0.2, 0.25) is 0 Å². The van der Waals surface area contributed by atoms with Gasteiger partial charge >= 0.3 is 6.03 Å². The molecule has 1 saturated heterocycles. The predicted molar refractivity (Wildman–Crippen MR) is 104 cm³/mol. The highest BCUT2D eigenvalue weighted by atomic mass is 35.5. The summed E-state index contributed by atoms with van der Waals surface area (Å²) in [4.78, 5) is 25.9. The molecule has 0 radical (unpaired) electrons. The minimum atomic E-state index is -0.513. The number of para-hydroxylation sites is 1. The van der Waals surface area contributed by atoms with Crippen LogP contribution in [0.3, 0.4) is 0 Å². The molecule has 7 heteroatoms. The van der Waals surface area contributed by atoms with Gasteiger partial charge in [-0.1, -0.05) is 42.5 Å². The molecule has 1 heterocycles. The Morgan fingerprint density at radius 3 is 2.63 bits per heavy atom. The fraction of sp³-hybridized carbons (Fsp3) is 0.100. The van der Waals surface area contributed by atoms with E-state index in [-0.39, 0.29) is 12.3 Å². The van der Waals surface area contributed by atoms with Crippen LogP contribution in [0.1, 0.15) is 5.56 Å². The summed E-state index contributed by atoms with van der Waals surface area (Å²) in [5.74, 6) is 0.343. The highest BCUT2D eigenvalue weighted by Gasteiger charge is 2.34. The van der Waals surface area contributed by atoms with Gasteiger partial charge in [0.1, 0.15) is 12.3 Å². The van der Waals surface area contributed by atoms with Crippen molar-refractivity contribution >= 4 is 35.3 Å². The fourth-order valence-corrected chi connectivity index (χ4v) is 2.89. The van der Waals surface area contributed by atoms with Crippen molar-refractivity contribution in [2.45, 2.75) is 0 Å². The first-order chi connectivity index (χ1) is 13.0. The lowest BCUT2D eigenvalue weighted by Crippen LogP contribution is -2.30. The Kier molecular flexibility index (Phi) is 5.47. The first kappa shape index (κ1) is 18.5. The molecule has 3 rings (SSSR count). The lowest BCUT2D eigenvalue weighted by Gasteiger charge is -2.12. The van der Waals surface area contributed by atoms with E-state index in [2.05, 4.69) is 11.9 Å². The summed E-state index contributed by atoms with van der Waals surface area (Å²) < 4.78 is 10.8. The molecule has 27 heavy (non-hydrogen) atoms. The van der Waals surface area contributed by atoms with Gasteiger partial charge in [-0.05, 0) is 35.9 Å². The smallest absolute Gasteiger partial charge is 0.333 e. The molecular formula is C20H17ClN2O4.